The van der Waals surface area contributed by atoms with Crippen LogP contribution in [0.25, 0.3) is 0 Å². The van der Waals surface area contributed by atoms with Crippen molar-refractivity contribution >= 4 is 17.5 Å². The van der Waals surface area contributed by atoms with Gasteiger partial charge in [-0.2, -0.15) is 10.4 Å². The van der Waals surface area contributed by atoms with E-state index in [1.165, 1.54) is 10.9 Å². The summed E-state index contributed by atoms with van der Waals surface area (Å²) in [4.78, 5) is 24.2. The van der Waals surface area contributed by atoms with Gasteiger partial charge >= 0.3 is 0 Å². The smallest absolute Gasteiger partial charge is 0.255 e. The molecule has 2 N–H and O–H groups in total. The molecule has 2 amide bonds. The number of hydrogen-bond acceptors (Lipinski definition) is 4. The molecule has 0 spiro atoms. The van der Waals surface area contributed by atoms with Crippen molar-refractivity contribution in [2.24, 2.45) is 0 Å². The predicted molar refractivity (Wildman–Crippen MR) is 91.7 cm³/mol. The molecule has 1 aliphatic rings. The van der Waals surface area contributed by atoms with E-state index in [9.17, 15) is 9.59 Å². The molecule has 1 heterocycles. The lowest BCUT2D eigenvalue weighted by atomic mass is 10.1. The SMILES string of the molecule is N#Cc1ccc(C(=O)Nc2cnn(CC(=O)NC3CCCC3)c2)cc1. The van der Waals surface area contributed by atoms with Gasteiger partial charge < -0.3 is 10.6 Å². The van der Waals surface area contributed by atoms with E-state index in [4.69, 9.17) is 5.26 Å². The highest BCUT2D eigenvalue weighted by Crippen LogP contribution is 2.17. The van der Waals surface area contributed by atoms with E-state index >= 15 is 0 Å². The van der Waals surface area contributed by atoms with Gasteiger partial charge in [-0.3, -0.25) is 14.3 Å². The van der Waals surface area contributed by atoms with Crippen molar-refractivity contribution in [2.45, 2.75) is 38.3 Å². The lowest BCUT2D eigenvalue weighted by molar-refractivity contribution is -0.122. The molecule has 3 rings (SSSR count). The van der Waals surface area contributed by atoms with E-state index < -0.39 is 0 Å². The molecule has 0 bridgehead atoms. The van der Waals surface area contributed by atoms with E-state index in [-0.39, 0.29) is 24.4 Å². The minimum Gasteiger partial charge on any atom is -0.352 e. The van der Waals surface area contributed by atoms with E-state index in [0.717, 1.165) is 25.7 Å². The molecule has 7 nitrogen and oxygen atoms in total. The topological polar surface area (TPSA) is 99.8 Å². The van der Waals surface area contributed by atoms with Crippen molar-refractivity contribution < 1.29 is 9.59 Å². The van der Waals surface area contributed by atoms with Gasteiger partial charge in [0.05, 0.1) is 23.5 Å². The minimum atomic E-state index is -0.292. The highest BCUT2D eigenvalue weighted by Gasteiger charge is 2.17. The molecule has 7 heteroatoms. The molecule has 0 unspecified atom stereocenters. The Balaban J connectivity index is 1.54. The quantitative estimate of drug-likeness (QED) is 0.872. The summed E-state index contributed by atoms with van der Waals surface area (Å²) in [6.45, 7) is 0.128. The second-order valence-corrected chi connectivity index (χ2v) is 6.12. The van der Waals surface area contributed by atoms with Crippen LogP contribution >= 0.6 is 0 Å². The predicted octanol–water partition coefficient (Wildman–Crippen LogP) is 2.07. The molecule has 2 aromatic rings. The van der Waals surface area contributed by atoms with Crippen LogP contribution in [-0.4, -0.2) is 27.6 Å². The summed E-state index contributed by atoms with van der Waals surface area (Å²) >= 11 is 0. The average Bonchev–Trinajstić information content (AvgIpc) is 3.27. The first-order valence-electron chi connectivity index (χ1n) is 8.27. The Morgan fingerprint density at radius 2 is 1.96 bits per heavy atom. The fourth-order valence-electron chi connectivity index (χ4n) is 2.90. The molecule has 0 atom stereocenters. The molecular formula is C18H19N5O2. The number of hydrogen-bond donors (Lipinski definition) is 2. The molecule has 0 radical (unpaired) electrons. The van der Waals surface area contributed by atoms with Crippen molar-refractivity contribution in [3.63, 3.8) is 0 Å². The fraction of sp³-hybridized carbons (Fsp3) is 0.333. The Morgan fingerprint density at radius 1 is 1.24 bits per heavy atom. The van der Waals surface area contributed by atoms with Crippen molar-refractivity contribution in [2.75, 3.05) is 5.32 Å². The van der Waals surface area contributed by atoms with Gasteiger partial charge in [0.1, 0.15) is 6.54 Å². The van der Waals surface area contributed by atoms with Crippen molar-refractivity contribution in [3.05, 3.63) is 47.8 Å². The maximum absolute atomic E-state index is 12.2. The first-order valence-corrected chi connectivity index (χ1v) is 8.27. The molecule has 1 saturated carbocycles. The van der Waals surface area contributed by atoms with Gasteiger partial charge in [-0.05, 0) is 37.1 Å². The highest BCUT2D eigenvalue weighted by molar-refractivity contribution is 6.04. The Morgan fingerprint density at radius 3 is 2.64 bits per heavy atom. The molecule has 1 fully saturated rings. The van der Waals surface area contributed by atoms with Crippen LogP contribution in [0.2, 0.25) is 0 Å². The number of anilines is 1. The molecule has 128 valence electrons. The van der Waals surface area contributed by atoms with Crippen LogP contribution in [0, 0.1) is 11.3 Å². The summed E-state index contributed by atoms with van der Waals surface area (Å²) in [7, 11) is 0. The first kappa shape index (κ1) is 16.7. The van der Waals surface area contributed by atoms with Crippen LogP contribution in [0.1, 0.15) is 41.6 Å². The van der Waals surface area contributed by atoms with Gasteiger partial charge in [0.25, 0.3) is 5.91 Å². The van der Waals surface area contributed by atoms with Gasteiger partial charge in [0, 0.05) is 17.8 Å². The second kappa shape index (κ2) is 7.62. The zero-order valence-corrected chi connectivity index (χ0v) is 13.7. The number of amides is 2. The van der Waals surface area contributed by atoms with Gasteiger partial charge in [-0.25, -0.2) is 0 Å². The fourth-order valence-corrected chi connectivity index (χ4v) is 2.90. The van der Waals surface area contributed by atoms with Crippen LogP contribution < -0.4 is 10.6 Å². The largest absolute Gasteiger partial charge is 0.352 e. The van der Waals surface area contributed by atoms with E-state index in [0.29, 0.717) is 16.8 Å². The van der Waals surface area contributed by atoms with Crippen molar-refractivity contribution in [1.29, 1.82) is 5.26 Å². The third-order valence-electron chi connectivity index (χ3n) is 4.19. The minimum absolute atomic E-state index is 0.0695. The number of nitrogens with one attached hydrogen (secondary N) is 2. The summed E-state index contributed by atoms with van der Waals surface area (Å²) in [5.41, 5.74) is 1.46. The maximum atomic E-state index is 12.2. The molecular weight excluding hydrogens is 318 g/mol. The van der Waals surface area contributed by atoms with Gasteiger partial charge in [-0.15, -0.1) is 0 Å². The van der Waals surface area contributed by atoms with E-state index in [2.05, 4.69) is 15.7 Å². The van der Waals surface area contributed by atoms with Crippen molar-refractivity contribution in [3.8, 4) is 6.07 Å². The molecule has 1 aromatic carbocycles. The zero-order chi connectivity index (χ0) is 17.6. The lowest BCUT2D eigenvalue weighted by Crippen LogP contribution is -2.35. The summed E-state index contributed by atoms with van der Waals surface area (Å²) < 4.78 is 1.50. The number of nitriles is 1. The van der Waals surface area contributed by atoms with Crippen molar-refractivity contribution in [1.82, 2.24) is 15.1 Å². The Bertz CT molecular complexity index is 798. The number of carbonyl (C=O) groups is 2. The maximum Gasteiger partial charge on any atom is 0.255 e. The second-order valence-electron chi connectivity index (χ2n) is 6.12. The molecule has 1 aliphatic carbocycles. The van der Waals surface area contributed by atoms with Gasteiger partial charge in [0.2, 0.25) is 5.91 Å². The lowest BCUT2D eigenvalue weighted by Gasteiger charge is -2.11. The average molecular weight is 337 g/mol. The molecule has 0 saturated heterocycles. The number of carbonyl (C=O) groups excluding carboxylic acids is 2. The van der Waals surface area contributed by atoms with Crippen LogP contribution in [0.3, 0.4) is 0 Å². The summed E-state index contributed by atoms with van der Waals surface area (Å²) in [5, 5.41) is 18.6. The summed E-state index contributed by atoms with van der Waals surface area (Å²) in [6, 6.07) is 8.64. The van der Waals surface area contributed by atoms with E-state index in [1.807, 2.05) is 6.07 Å². The third-order valence-corrected chi connectivity index (χ3v) is 4.19. The monoisotopic (exact) mass is 337 g/mol. The summed E-state index contributed by atoms with van der Waals surface area (Å²) in [6.07, 6.45) is 7.53. The normalized spacial score (nSPS) is 14.0. The molecule has 0 aliphatic heterocycles. The van der Waals surface area contributed by atoms with Crippen LogP contribution in [0.4, 0.5) is 5.69 Å². The van der Waals surface area contributed by atoms with Gasteiger partial charge in [-0.1, -0.05) is 12.8 Å². The number of rotatable bonds is 5. The molecule has 1 aromatic heterocycles. The number of aromatic nitrogens is 2. The van der Waals surface area contributed by atoms with Crippen LogP contribution in [0.15, 0.2) is 36.7 Å². The third kappa shape index (κ3) is 4.44. The van der Waals surface area contributed by atoms with Gasteiger partial charge in [0.15, 0.2) is 0 Å². The Hall–Kier alpha value is -3.14. The first-order chi connectivity index (χ1) is 12.1. The zero-order valence-electron chi connectivity index (χ0n) is 13.7. The Kier molecular flexibility index (Phi) is 5.09. The highest BCUT2D eigenvalue weighted by atomic mass is 16.2. The number of benzene rings is 1. The standard InChI is InChI=1S/C18H19N5O2/c19-9-13-5-7-14(8-6-13)18(25)22-16-10-20-23(11-16)12-17(24)21-15-3-1-2-4-15/h5-8,10-11,15H,1-4,12H2,(H,21,24)(H,22,25). The van der Waals surface area contributed by atoms with Crippen LogP contribution in [-0.2, 0) is 11.3 Å². The molecule has 25 heavy (non-hydrogen) atoms. The van der Waals surface area contributed by atoms with Crippen LogP contribution in [0.5, 0.6) is 0 Å². The number of nitrogens with zero attached hydrogens (tertiary/aromatic N) is 3. The van der Waals surface area contributed by atoms with E-state index in [1.54, 1.807) is 30.5 Å². The summed E-state index contributed by atoms with van der Waals surface area (Å²) in [5.74, 6) is -0.362. The Labute approximate surface area is 145 Å².